The van der Waals surface area contributed by atoms with Gasteiger partial charge in [-0.05, 0) is 64.2 Å². The maximum absolute atomic E-state index is 13.0. The van der Waals surface area contributed by atoms with Crippen LogP contribution in [0.5, 0.6) is 0 Å². The van der Waals surface area contributed by atoms with Gasteiger partial charge in [0.1, 0.15) is 5.70 Å². The Morgan fingerprint density at radius 2 is 1.74 bits per heavy atom. The largest absolute Gasteiger partial charge is 0.494 e. The average molecular weight is 369 g/mol. The second-order valence-corrected chi connectivity index (χ2v) is 8.71. The van der Waals surface area contributed by atoms with Crippen molar-refractivity contribution in [1.82, 2.24) is 10.4 Å². The van der Waals surface area contributed by atoms with Crippen molar-refractivity contribution in [2.75, 3.05) is 24.5 Å². The van der Waals surface area contributed by atoms with Crippen LogP contribution in [0.4, 0.5) is 5.69 Å². The molecule has 7 heteroatoms. The predicted molar refractivity (Wildman–Crippen MR) is 107 cm³/mol. The second-order valence-electron chi connectivity index (χ2n) is 8.71. The molecule has 0 aromatic heterocycles. The lowest BCUT2D eigenvalue weighted by molar-refractivity contribution is -0.118. The van der Waals surface area contributed by atoms with E-state index in [0.29, 0.717) is 6.54 Å². The quantitative estimate of drug-likeness (QED) is 0.805. The minimum Gasteiger partial charge on any atom is -0.399 e. The first-order valence-electron chi connectivity index (χ1n) is 9.59. The number of piperazine rings is 1. The van der Waals surface area contributed by atoms with E-state index in [4.69, 9.17) is 9.31 Å². The highest BCUT2D eigenvalue weighted by Gasteiger charge is 2.51. The summed E-state index contributed by atoms with van der Waals surface area (Å²) >= 11 is 0. The van der Waals surface area contributed by atoms with Gasteiger partial charge in [0, 0.05) is 18.8 Å². The van der Waals surface area contributed by atoms with Crippen LogP contribution in [0.15, 0.2) is 29.5 Å². The van der Waals surface area contributed by atoms with Crippen LogP contribution in [0.2, 0.25) is 0 Å². The van der Waals surface area contributed by atoms with Crippen LogP contribution in [0.3, 0.4) is 0 Å². The molecule has 0 saturated carbocycles. The number of rotatable bonds is 2. The van der Waals surface area contributed by atoms with E-state index in [0.717, 1.165) is 41.1 Å². The third-order valence-electron chi connectivity index (χ3n) is 6.24. The Morgan fingerprint density at radius 1 is 1.07 bits per heavy atom. The standard InChI is InChI=1S/C20H28BN3O3/c1-13-11-15(21-26-19(3,4)20(5,6)27-21)7-8-16(13)23-9-10-24-17(18(23)25)14(2)12-22-24/h7-8,11,22H,9-10,12H2,1-6H3. The first-order chi connectivity index (χ1) is 12.6. The first-order valence-corrected chi connectivity index (χ1v) is 9.59. The van der Waals surface area contributed by atoms with Gasteiger partial charge in [0.25, 0.3) is 5.91 Å². The van der Waals surface area contributed by atoms with E-state index in [1.807, 2.05) is 35.9 Å². The maximum Gasteiger partial charge on any atom is 0.494 e. The van der Waals surface area contributed by atoms with E-state index in [2.05, 4.69) is 39.2 Å². The van der Waals surface area contributed by atoms with Gasteiger partial charge in [0.05, 0.1) is 17.7 Å². The number of anilines is 1. The van der Waals surface area contributed by atoms with Crippen molar-refractivity contribution < 1.29 is 14.1 Å². The van der Waals surface area contributed by atoms with Gasteiger partial charge in [-0.25, -0.2) is 5.43 Å². The molecule has 2 fully saturated rings. The number of carbonyl (C=O) groups is 1. The SMILES string of the molecule is CC1=C2C(=O)N(c3ccc(B4OC(C)(C)C(C)(C)O4)cc3C)CCN2NC1. The smallest absolute Gasteiger partial charge is 0.399 e. The molecule has 0 aliphatic carbocycles. The van der Waals surface area contributed by atoms with E-state index >= 15 is 0 Å². The molecule has 1 aromatic rings. The summed E-state index contributed by atoms with van der Waals surface area (Å²) in [5.74, 6) is 0.0650. The molecule has 3 aliphatic rings. The molecule has 0 atom stereocenters. The Bertz CT molecular complexity index is 818. The molecule has 6 nitrogen and oxygen atoms in total. The Kier molecular flexibility index (Phi) is 4.18. The van der Waals surface area contributed by atoms with Gasteiger partial charge in [0.15, 0.2) is 0 Å². The molecule has 3 aliphatic heterocycles. The molecular weight excluding hydrogens is 341 g/mol. The zero-order valence-corrected chi connectivity index (χ0v) is 17.0. The van der Waals surface area contributed by atoms with Gasteiger partial charge in [-0.2, -0.15) is 0 Å². The molecule has 0 bridgehead atoms. The highest BCUT2D eigenvalue weighted by Crippen LogP contribution is 2.37. The number of fused-ring (bicyclic) bond motifs is 1. The lowest BCUT2D eigenvalue weighted by Gasteiger charge is -2.35. The monoisotopic (exact) mass is 369 g/mol. The number of hydrogen-bond donors (Lipinski definition) is 1. The summed E-state index contributed by atoms with van der Waals surface area (Å²) in [5, 5.41) is 1.97. The third kappa shape index (κ3) is 2.89. The number of hydrazine groups is 1. The summed E-state index contributed by atoms with van der Waals surface area (Å²) in [5.41, 5.74) is 7.40. The van der Waals surface area contributed by atoms with E-state index in [1.54, 1.807) is 0 Å². The summed E-state index contributed by atoms with van der Waals surface area (Å²) in [6.45, 7) is 14.5. The molecule has 0 radical (unpaired) electrons. The van der Waals surface area contributed by atoms with Gasteiger partial charge in [-0.15, -0.1) is 0 Å². The van der Waals surface area contributed by atoms with Crippen LogP contribution in [0.25, 0.3) is 0 Å². The van der Waals surface area contributed by atoms with Crippen molar-refractivity contribution in [2.24, 2.45) is 0 Å². The van der Waals surface area contributed by atoms with Crippen molar-refractivity contribution in [1.29, 1.82) is 0 Å². The molecule has 144 valence electrons. The van der Waals surface area contributed by atoms with Crippen molar-refractivity contribution in [2.45, 2.75) is 52.7 Å². The molecule has 4 rings (SSSR count). The number of amides is 1. The van der Waals surface area contributed by atoms with Crippen molar-refractivity contribution in [3.63, 3.8) is 0 Å². The Balaban J connectivity index is 1.60. The molecule has 0 unspecified atom stereocenters. The Hall–Kier alpha value is -1.83. The molecule has 27 heavy (non-hydrogen) atoms. The molecule has 2 saturated heterocycles. The van der Waals surface area contributed by atoms with Gasteiger partial charge in [-0.3, -0.25) is 4.79 Å². The van der Waals surface area contributed by atoms with Crippen LogP contribution in [-0.2, 0) is 14.1 Å². The van der Waals surface area contributed by atoms with Gasteiger partial charge in [0.2, 0.25) is 0 Å². The average Bonchev–Trinajstić information content (AvgIpc) is 3.06. The number of aryl methyl sites for hydroxylation is 1. The number of nitrogens with zero attached hydrogens (tertiary/aromatic N) is 2. The lowest BCUT2D eigenvalue weighted by atomic mass is 9.78. The van der Waals surface area contributed by atoms with Crippen LogP contribution in [-0.4, -0.2) is 48.9 Å². The summed E-state index contributed by atoms with van der Waals surface area (Å²) < 4.78 is 12.3. The number of carbonyl (C=O) groups excluding carboxylic acids is 1. The molecule has 1 N–H and O–H groups in total. The predicted octanol–water partition coefficient (Wildman–Crippen LogP) is 1.74. The van der Waals surface area contributed by atoms with E-state index in [1.165, 1.54) is 0 Å². The third-order valence-corrected chi connectivity index (χ3v) is 6.24. The molecule has 3 heterocycles. The molecular formula is C20H28BN3O3. The normalized spacial score (nSPS) is 24.1. The summed E-state index contributed by atoms with van der Waals surface area (Å²) in [6, 6.07) is 6.10. The Morgan fingerprint density at radius 3 is 2.37 bits per heavy atom. The zero-order chi connectivity index (χ0) is 19.6. The number of hydrogen-bond acceptors (Lipinski definition) is 5. The molecule has 0 spiro atoms. The first kappa shape index (κ1) is 18.5. The molecule has 1 amide bonds. The minimum absolute atomic E-state index is 0.0650. The van der Waals surface area contributed by atoms with E-state index in [9.17, 15) is 4.79 Å². The topological polar surface area (TPSA) is 54.0 Å². The van der Waals surface area contributed by atoms with Crippen LogP contribution >= 0.6 is 0 Å². The Labute approximate surface area is 161 Å². The fraction of sp³-hybridized carbons (Fsp3) is 0.550. The maximum atomic E-state index is 13.0. The van der Waals surface area contributed by atoms with Crippen LogP contribution < -0.4 is 15.8 Å². The summed E-state index contributed by atoms with van der Waals surface area (Å²) in [7, 11) is -0.390. The van der Waals surface area contributed by atoms with E-state index < -0.39 is 0 Å². The number of benzene rings is 1. The van der Waals surface area contributed by atoms with Crippen molar-refractivity contribution in [3.8, 4) is 0 Å². The van der Waals surface area contributed by atoms with Crippen LogP contribution in [0, 0.1) is 6.92 Å². The van der Waals surface area contributed by atoms with Crippen molar-refractivity contribution in [3.05, 3.63) is 35.0 Å². The van der Waals surface area contributed by atoms with Gasteiger partial charge in [-0.1, -0.05) is 12.1 Å². The highest BCUT2D eigenvalue weighted by molar-refractivity contribution is 6.62. The lowest BCUT2D eigenvalue weighted by Crippen LogP contribution is -2.51. The fourth-order valence-corrected chi connectivity index (χ4v) is 3.86. The highest BCUT2D eigenvalue weighted by atomic mass is 16.7. The van der Waals surface area contributed by atoms with Gasteiger partial charge < -0.3 is 19.2 Å². The fourth-order valence-electron chi connectivity index (χ4n) is 3.86. The van der Waals surface area contributed by atoms with E-state index in [-0.39, 0.29) is 24.2 Å². The van der Waals surface area contributed by atoms with Crippen LogP contribution in [0.1, 0.15) is 40.2 Å². The number of nitrogens with one attached hydrogen (secondary N) is 1. The summed E-state index contributed by atoms with van der Waals surface area (Å²) in [4.78, 5) is 14.9. The zero-order valence-electron chi connectivity index (χ0n) is 17.0. The summed E-state index contributed by atoms with van der Waals surface area (Å²) in [6.07, 6.45) is 0. The minimum atomic E-state index is -0.390. The van der Waals surface area contributed by atoms with Gasteiger partial charge >= 0.3 is 7.12 Å². The molecule has 1 aromatic carbocycles. The second kappa shape index (κ2) is 6.09. The van der Waals surface area contributed by atoms with Crippen molar-refractivity contribution >= 4 is 24.2 Å².